The van der Waals surface area contributed by atoms with Crippen molar-refractivity contribution in [3.05, 3.63) is 28.2 Å². The predicted octanol–water partition coefficient (Wildman–Crippen LogP) is 4.69. The maximum atomic E-state index is 5.32. The lowest BCUT2D eigenvalue weighted by atomic mass is 9.73. The number of rotatable bonds is 5. The molecule has 106 valence electrons. The molecule has 1 atom stereocenters. The first kappa shape index (κ1) is 14.9. The Morgan fingerprint density at radius 2 is 2.05 bits per heavy atom. The van der Waals surface area contributed by atoms with Crippen LogP contribution in [0.2, 0.25) is 0 Å². The van der Waals surface area contributed by atoms with E-state index in [1.165, 1.54) is 37.7 Å². The molecule has 3 heteroatoms. The summed E-state index contributed by atoms with van der Waals surface area (Å²) in [5, 5.41) is 3.56. The van der Waals surface area contributed by atoms with Crippen molar-refractivity contribution in [1.29, 1.82) is 0 Å². The summed E-state index contributed by atoms with van der Waals surface area (Å²) in [6.07, 6.45) is 6.63. The smallest absolute Gasteiger partial charge is 0.133 e. The second-order valence-corrected chi connectivity index (χ2v) is 6.39. The molecule has 1 aliphatic rings. The molecule has 0 aliphatic heterocycles. The van der Waals surface area contributed by atoms with Crippen LogP contribution in [0.25, 0.3) is 0 Å². The van der Waals surface area contributed by atoms with Crippen LogP contribution in [-0.2, 0) is 0 Å². The minimum absolute atomic E-state index is 0.419. The third-order valence-electron chi connectivity index (χ3n) is 4.71. The van der Waals surface area contributed by atoms with Gasteiger partial charge in [-0.1, -0.05) is 25.8 Å². The van der Waals surface area contributed by atoms with Crippen LogP contribution < -0.4 is 10.1 Å². The highest BCUT2D eigenvalue weighted by atomic mass is 79.9. The number of nitrogens with one attached hydrogen (secondary N) is 1. The number of methoxy groups -OCH3 is 1. The zero-order chi connectivity index (χ0) is 13.9. The van der Waals surface area contributed by atoms with E-state index in [1.54, 1.807) is 7.11 Å². The highest BCUT2D eigenvalue weighted by Gasteiger charge is 2.39. The molecule has 0 aromatic heterocycles. The van der Waals surface area contributed by atoms with Gasteiger partial charge in [-0.15, -0.1) is 0 Å². The largest absolute Gasteiger partial charge is 0.496 e. The summed E-state index contributed by atoms with van der Waals surface area (Å²) in [6, 6.07) is 6.89. The van der Waals surface area contributed by atoms with Crippen LogP contribution in [0.1, 0.15) is 50.6 Å². The Hall–Kier alpha value is -0.540. The SMILES string of the molecule is CCC1(C(NC)c2ccc(OC)c(Br)c2)CCCC1. The minimum atomic E-state index is 0.419. The first-order valence-electron chi connectivity index (χ1n) is 7.17. The maximum absolute atomic E-state index is 5.32. The standard InChI is InChI=1S/C16H24BrNO/c1-4-16(9-5-6-10-16)15(18-2)12-7-8-14(19-3)13(17)11-12/h7-8,11,15,18H,4-6,9-10H2,1-3H3. The lowest BCUT2D eigenvalue weighted by molar-refractivity contribution is 0.195. The summed E-state index contributed by atoms with van der Waals surface area (Å²) in [4.78, 5) is 0. The van der Waals surface area contributed by atoms with E-state index in [-0.39, 0.29) is 0 Å². The monoisotopic (exact) mass is 325 g/mol. The molecular weight excluding hydrogens is 302 g/mol. The van der Waals surface area contributed by atoms with Crippen molar-refractivity contribution in [1.82, 2.24) is 5.32 Å². The van der Waals surface area contributed by atoms with Gasteiger partial charge < -0.3 is 10.1 Å². The lowest BCUT2D eigenvalue weighted by Crippen LogP contribution is -2.34. The third-order valence-corrected chi connectivity index (χ3v) is 5.33. The number of hydrogen-bond acceptors (Lipinski definition) is 2. The quantitative estimate of drug-likeness (QED) is 0.848. The van der Waals surface area contributed by atoms with E-state index >= 15 is 0 Å². The van der Waals surface area contributed by atoms with Crippen LogP contribution in [0.3, 0.4) is 0 Å². The van der Waals surface area contributed by atoms with Gasteiger partial charge in [-0.3, -0.25) is 0 Å². The Kier molecular flexibility index (Phi) is 4.91. The Bertz CT molecular complexity index is 427. The topological polar surface area (TPSA) is 21.3 Å². The molecule has 0 heterocycles. The molecule has 0 amide bonds. The molecule has 0 saturated heterocycles. The molecule has 0 spiro atoms. The van der Waals surface area contributed by atoms with Crippen molar-refractivity contribution in [2.24, 2.45) is 5.41 Å². The molecule has 19 heavy (non-hydrogen) atoms. The van der Waals surface area contributed by atoms with Crippen LogP contribution in [0.4, 0.5) is 0 Å². The lowest BCUT2D eigenvalue weighted by Gasteiger charge is -2.37. The maximum Gasteiger partial charge on any atom is 0.133 e. The van der Waals surface area contributed by atoms with Crippen molar-refractivity contribution >= 4 is 15.9 Å². The minimum Gasteiger partial charge on any atom is -0.496 e. The summed E-state index contributed by atoms with van der Waals surface area (Å²) >= 11 is 3.60. The van der Waals surface area contributed by atoms with Crippen LogP contribution in [0, 0.1) is 5.41 Å². The molecule has 0 bridgehead atoms. The van der Waals surface area contributed by atoms with E-state index in [0.717, 1.165) is 10.2 Å². The van der Waals surface area contributed by atoms with Gasteiger partial charge in [0.15, 0.2) is 0 Å². The summed E-state index contributed by atoms with van der Waals surface area (Å²) in [5.74, 6) is 0.899. The second-order valence-electron chi connectivity index (χ2n) is 5.54. The predicted molar refractivity (Wildman–Crippen MR) is 83.7 cm³/mol. The van der Waals surface area contributed by atoms with Crippen molar-refractivity contribution < 1.29 is 4.74 Å². The van der Waals surface area contributed by atoms with Gasteiger partial charge in [-0.05, 0) is 65.4 Å². The summed E-state index contributed by atoms with van der Waals surface area (Å²) < 4.78 is 6.36. The van der Waals surface area contributed by atoms with Crippen molar-refractivity contribution in [3.63, 3.8) is 0 Å². The number of halogens is 1. The van der Waals surface area contributed by atoms with Gasteiger partial charge in [0.05, 0.1) is 11.6 Å². The first-order chi connectivity index (χ1) is 9.16. The van der Waals surface area contributed by atoms with Crippen molar-refractivity contribution in [2.75, 3.05) is 14.2 Å². The Morgan fingerprint density at radius 1 is 1.37 bits per heavy atom. The van der Waals surface area contributed by atoms with E-state index < -0.39 is 0 Å². The molecule has 1 aliphatic carbocycles. The summed E-state index contributed by atoms with van der Waals surface area (Å²) in [6.45, 7) is 2.33. The zero-order valence-corrected chi connectivity index (χ0v) is 13.7. The molecule has 1 unspecified atom stereocenters. The normalized spacial score (nSPS) is 19.4. The zero-order valence-electron chi connectivity index (χ0n) is 12.1. The van der Waals surface area contributed by atoms with E-state index in [2.05, 4.69) is 53.4 Å². The average molecular weight is 326 g/mol. The van der Waals surface area contributed by atoms with Gasteiger partial charge in [-0.25, -0.2) is 0 Å². The average Bonchev–Trinajstić information content (AvgIpc) is 2.90. The van der Waals surface area contributed by atoms with Gasteiger partial charge in [0.2, 0.25) is 0 Å². The van der Waals surface area contributed by atoms with Crippen LogP contribution in [0.15, 0.2) is 22.7 Å². The highest BCUT2D eigenvalue weighted by Crippen LogP contribution is 2.50. The second kappa shape index (κ2) is 6.27. The Balaban J connectivity index is 2.33. The van der Waals surface area contributed by atoms with Crippen molar-refractivity contribution in [2.45, 2.75) is 45.1 Å². The van der Waals surface area contributed by atoms with E-state index in [0.29, 0.717) is 11.5 Å². The number of hydrogen-bond donors (Lipinski definition) is 1. The van der Waals surface area contributed by atoms with Crippen LogP contribution in [0.5, 0.6) is 5.75 Å². The molecule has 1 fully saturated rings. The van der Waals surface area contributed by atoms with Gasteiger partial charge >= 0.3 is 0 Å². The van der Waals surface area contributed by atoms with E-state index in [4.69, 9.17) is 4.74 Å². The molecule has 2 nitrogen and oxygen atoms in total. The van der Waals surface area contributed by atoms with Crippen molar-refractivity contribution in [3.8, 4) is 5.75 Å². The fourth-order valence-corrected chi connectivity index (χ4v) is 4.17. The third kappa shape index (κ3) is 2.82. The number of ether oxygens (including phenoxy) is 1. The molecule has 1 aromatic carbocycles. The highest BCUT2D eigenvalue weighted by molar-refractivity contribution is 9.10. The Labute approximate surface area is 125 Å². The van der Waals surface area contributed by atoms with Gasteiger partial charge in [0.25, 0.3) is 0 Å². The molecule has 1 saturated carbocycles. The molecular formula is C16H24BrNO. The number of benzene rings is 1. The molecule has 1 aromatic rings. The van der Waals surface area contributed by atoms with E-state index in [9.17, 15) is 0 Å². The van der Waals surface area contributed by atoms with Gasteiger partial charge in [-0.2, -0.15) is 0 Å². The van der Waals surface area contributed by atoms with E-state index in [1.807, 2.05) is 0 Å². The van der Waals surface area contributed by atoms with Gasteiger partial charge in [0, 0.05) is 6.04 Å². The Morgan fingerprint density at radius 3 is 2.53 bits per heavy atom. The molecule has 2 rings (SSSR count). The van der Waals surface area contributed by atoms with Crippen LogP contribution >= 0.6 is 15.9 Å². The summed E-state index contributed by atoms with van der Waals surface area (Å²) in [5.41, 5.74) is 1.78. The van der Waals surface area contributed by atoms with Crippen LogP contribution in [-0.4, -0.2) is 14.2 Å². The summed E-state index contributed by atoms with van der Waals surface area (Å²) in [7, 11) is 3.79. The van der Waals surface area contributed by atoms with Gasteiger partial charge in [0.1, 0.15) is 5.75 Å². The first-order valence-corrected chi connectivity index (χ1v) is 7.97. The fourth-order valence-electron chi connectivity index (χ4n) is 3.61. The fraction of sp³-hybridized carbons (Fsp3) is 0.625. The molecule has 1 N–H and O–H groups in total. The molecule has 0 radical (unpaired) electrons.